The number of piperazine rings is 1. The van der Waals surface area contributed by atoms with Crippen LogP contribution in [0.2, 0.25) is 5.02 Å². The van der Waals surface area contributed by atoms with Crippen molar-refractivity contribution >= 4 is 17.5 Å². The van der Waals surface area contributed by atoms with Gasteiger partial charge in [-0.05, 0) is 42.8 Å². The lowest BCUT2D eigenvalue weighted by atomic mass is 10.1. The molecular weight excluding hydrogens is 402 g/mol. The van der Waals surface area contributed by atoms with Crippen molar-refractivity contribution in [1.29, 1.82) is 0 Å². The summed E-state index contributed by atoms with van der Waals surface area (Å²) in [4.78, 5) is 16.9. The Kier molecular flexibility index (Phi) is 7.28. The number of alkyl halides is 2. The Morgan fingerprint density at radius 1 is 1.10 bits per heavy atom. The highest BCUT2D eigenvalue weighted by molar-refractivity contribution is 6.30. The van der Waals surface area contributed by atoms with E-state index in [-0.39, 0.29) is 24.0 Å². The fourth-order valence-electron chi connectivity index (χ4n) is 3.29. The van der Waals surface area contributed by atoms with E-state index < -0.39 is 6.61 Å². The highest BCUT2D eigenvalue weighted by Crippen LogP contribution is 2.30. The third-order valence-electron chi connectivity index (χ3n) is 4.66. The van der Waals surface area contributed by atoms with Crippen LogP contribution in [0, 0.1) is 0 Å². The summed E-state index contributed by atoms with van der Waals surface area (Å²) in [6.45, 7) is 2.47. The molecule has 0 aliphatic carbocycles. The van der Waals surface area contributed by atoms with Gasteiger partial charge < -0.3 is 14.4 Å². The number of benzene rings is 2. The molecule has 1 amide bonds. The minimum absolute atomic E-state index is 0.0789. The first-order valence-electron chi connectivity index (χ1n) is 9.44. The van der Waals surface area contributed by atoms with Crippen LogP contribution >= 0.6 is 11.6 Å². The van der Waals surface area contributed by atoms with Crippen molar-refractivity contribution in [2.75, 3.05) is 32.8 Å². The van der Waals surface area contributed by atoms with Gasteiger partial charge in [0, 0.05) is 43.3 Å². The van der Waals surface area contributed by atoms with Crippen molar-refractivity contribution in [3.8, 4) is 11.5 Å². The molecule has 2 aromatic carbocycles. The molecule has 0 aromatic heterocycles. The summed E-state index contributed by atoms with van der Waals surface area (Å²) in [6.07, 6.45) is 0. The van der Waals surface area contributed by atoms with Crippen LogP contribution in [0.25, 0.3) is 0 Å². The predicted octanol–water partition coefficient (Wildman–Crippen LogP) is 4.30. The van der Waals surface area contributed by atoms with E-state index in [1.165, 1.54) is 18.2 Å². The maximum atomic E-state index is 12.8. The largest absolute Gasteiger partial charge is 0.490 e. The molecule has 1 aliphatic rings. The molecule has 1 fully saturated rings. The van der Waals surface area contributed by atoms with Crippen LogP contribution in [0.5, 0.6) is 11.5 Å². The molecule has 1 saturated heterocycles. The first-order valence-corrected chi connectivity index (χ1v) is 9.81. The second-order valence-electron chi connectivity index (χ2n) is 6.67. The molecule has 29 heavy (non-hydrogen) atoms. The molecule has 8 heteroatoms. The SMILES string of the molecule is CCOc1cc(C(=O)N2CCN(Cc3cccc(Cl)c3)CC2)ccc1OC(F)F. The lowest BCUT2D eigenvalue weighted by Gasteiger charge is -2.35. The molecule has 0 atom stereocenters. The highest BCUT2D eigenvalue weighted by atomic mass is 35.5. The van der Waals surface area contributed by atoms with Crippen LogP contribution in [-0.4, -0.2) is 55.1 Å². The third kappa shape index (κ3) is 5.81. The minimum atomic E-state index is -2.96. The molecule has 0 bridgehead atoms. The Hall–Kier alpha value is -2.38. The van der Waals surface area contributed by atoms with Gasteiger partial charge in [0.2, 0.25) is 0 Å². The summed E-state index contributed by atoms with van der Waals surface area (Å²) in [5, 5.41) is 0.709. The summed E-state index contributed by atoms with van der Waals surface area (Å²) in [6, 6.07) is 12.0. The average molecular weight is 425 g/mol. The Balaban J connectivity index is 1.62. The fourth-order valence-corrected chi connectivity index (χ4v) is 3.50. The topological polar surface area (TPSA) is 42.0 Å². The van der Waals surface area contributed by atoms with Gasteiger partial charge in [-0.3, -0.25) is 9.69 Å². The smallest absolute Gasteiger partial charge is 0.387 e. The maximum Gasteiger partial charge on any atom is 0.387 e. The molecule has 0 spiro atoms. The lowest BCUT2D eigenvalue weighted by Crippen LogP contribution is -2.48. The zero-order valence-corrected chi connectivity index (χ0v) is 16.9. The van der Waals surface area contributed by atoms with E-state index in [9.17, 15) is 13.6 Å². The number of rotatable bonds is 7. The highest BCUT2D eigenvalue weighted by Gasteiger charge is 2.23. The second kappa shape index (κ2) is 9.89. The molecule has 0 radical (unpaired) electrons. The summed E-state index contributed by atoms with van der Waals surface area (Å²) in [5.74, 6) is -0.0973. The molecule has 0 unspecified atom stereocenters. The number of carbonyl (C=O) groups is 1. The van der Waals surface area contributed by atoms with Gasteiger partial charge in [0.25, 0.3) is 5.91 Å². The monoisotopic (exact) mass is 424 g/mol. The molecule has 2 aromatic rings. The van der Waals surface area contributed by atoms with Crippen molar-refractivity contribution in [2.24, 2.45) is 0 Å². The van der Waals surface area contributed by atoms with Crippen molar-refractivity contribution in [3.63, 3.8) is 0 Å². The van der Waals surface area contributed by atoms with Crippen LogP contribution in [0.1, 0.15) is 22.8 Å². The number of carbonyl (C=O) groups excluding carboxylic acids is 1. The number of halogens is 3. The zero-order valence-electron chi connectivity index (χ0n) is 16.1. The molecule has 3 rings (SSSR count). The summed E-state index contributed by atoms with van der Waals surface area (Å²) in [5.41, 5.74) is 1.52. The van der Waals surface area contributed by atoms with Gasteiger partial charge in [-0.2, -0.15) is 8.78 Å². The Morgan fingerprint density at radius 2 is 1.86 bits per heavy atom. The van der Waals surface area contributed by atoms with Gasteiger partial charge in [-0.1, -0.05) is 23.7 Å². The molecule has 1 aliphatic heterocycles. The third-order valence-corrected chi connectivity index (χ3v) is 4.90. The summed E-state index contributed by atoms with van der Waals surface area (Å²) in [7, 11) is 0. The van der Waals surface area contributed by atoms with Crippen LogP contribution in [-0.2, 0) is 6.54 Å². The van der Waals surface area contributed by atoms with Crippen LogP contribution in [0.15, 0.2) is 42.5 Å². The number of hydrogen-bond donors (Lipinski definition) is 0. The van der Waals surface area contributed by atoms with Crippen molar-refractivity contribution in [2.45, 2.75) is 20.1 Å². The first-order chi connectivity index (χ1) is 14.0. The normalized spacial score (nSPS) is 14.9. The van der Waals surface area contributed by atoms with E-state index in [2.05, 4.69) is 9.64 Å². The Labute approximate surface area is 173 Å². The Bertz CT molecular complexity index is 842. The van der Waals surface area contributed by atoms with Gasteiger partial charge in [-0.15, -0.1) is 0 Å². The van der Waals surface area contributed by atoms with E-state index in [0.29, 0.717) is 23.7 Å². The van der Waals surface area contributed by atoms with Crippen molar-refractivity contribution < 1.29 is 23.0 Å². The molecule has 1 heterocycles. The van der Waals surface area contributed by atoms with Crippen LogP contribution in [0.3, 0.4) is 0 Å². The second-order valence-corrected chi connectivity index (χ2v) is 7.11. The van der Waals surface area contributed by atoms with E-state index in [1.807, 2.05) is 24.3 Å². The van der Waals surface area contributed by atoms with Crippen molar-refractivity contribution in [3.05, 3.63) is 58.6 Å². The molecular formula is C21H23ClF2N2O3. The number of hydrogen-bond acceptors (Lipinski definition) is 4. The maximum absolute atomic E-state index is 12.8. The summed E-state index contributed by atoms with van der Waals surface area (Å²) >= 11 is 6.04. The van der Waals surface area contributed by atoms with Gasteiger partial charge in [0.1, 0.15) is 0 Å². The van der Waals surface area contributed by atoms with Crippen molar-refractivity contribution in [1.82, 2.24) is 9.80 Å². The number of nitrogens with zero attached hydrogens (tertiary/aromatic N) is 2. The molecule has 0 N–H and O–H groups in total. The van der Waals surface area contributed by atoms with E-state index in [4.69, 9.17) is 16.3 Å². The van der Waals surface area contributed by atoms with Crippen LogP contribution in [0.4, 0.5) is 8.78 Å². The van der Waals surface area contributed by atoms with Gasteiger partial charge >= 0.3 is 6.61 Å². The standard InChI is InChI=1S/C21H23ClF2N2O3/c1-2-28-19-13-16(6-7-18(19)29-21(23)24)20(27)26-10-8-25(9-11-26)14-15-4-3-5-17(22)12-15/h3-7,12-13,21H,2,8-11,14H2,1H3. The molecule has 0 saturated carbocycles. The zero-order chi connectivity index (χ0) is 20.8. The lowest BCUT2D eigenvalue weighted by molar-refractivity contribution is -0.0514. The van der Waals surface area contributed by atoms with Gasteiger partial charge in [0.05, 0.1) is 6.61 Å². The molecule has 5 nitrogen and oxygen atoms in total. The number of ether oxygens (including phenoxy) is 2. The van der Waals surface area contributed by atoms with Crippen LogP contribution < -0.4 is 9.47 Å². The first kappa shape index (κ1) is 21.3. The molecule has 156 valence electrons. The predicted molar refractivity (Wildman–Crippen MR) is 107 cm³/mol. The fraction of sp³-hybridized carbons (Fsp3) is 0.381. The minimum Gasteiger partial charge on any atom is -0.490 e. The van der Waals surface area contributed by atoms with Gasteiger partial charge in [0.15, 0.2) is 11.5 Å². The van der Waals surface area contributed by atoms with E-state index in [0.717, 1.165) is 25.2 Å². The number of amides is 1. The van der Waals surface area contributed by atoms with Gasteiger partial charge in [-0.25, -0.2) is 0 Å². The summed E-state index contributed by atoms with van der Waals surface area (Å²) < 4.78 is 34.9. The Morgan fingerprint density at radius 3 is 2.52 bits per heavy atom. The van der Waals surface area contributed by atoms with E-state index in [1.54, 1.807) is 11.8 Å². The average Bonchev–Trinajstić information content (AvgIpc) is 2.69. The van der Waals surface area contributed by atoms with E-state index >= 15 is 0 Å². The quantitative estimate of drug-likeness (QED) is 0.664.